The Kier molecular flexibility index (Phi) is 5.39. The van der Waals surface area contributed by atoms with Crippen LogP contribution >= 0.6 is 11.6 Å². The van der Waals surface area contributed by atoms with Crippen LogP contribution in [0, 0.1) is 6.92 Å². The number of benzene rings is 1. The number of nitrogens with zero attached hydrogens (tertiary/aromatic N) is 5. The molecular formula is C24H26ClN5O2. The Morgan fingerprint density at radius 3 is 2.56 bits per heavy atom. The van der Waals surface area contributed by atoms with E-state index in [4.69, 9.17) is 26.3 Å². The van der Waals surface area contributed by atoms with Crippen molar-refractivity contribution < 1.29 is 4.74 Å². The number of anilines is 1. The third-order valence-corrected chi connectivity index (χ3v) is 6.35. The minimum atomic E-state index is -0.111. The first kappa shape index (κ1) is 21.0. The van der Waals surface area contributed by atoms with E-state index in [2.05, 4.69) is 24.8 Å². The number of morpholine rings is 1. The monoisotopic (exact) mass is 451 g/mol. The predicted molar refractivity (Wildman–Crippen MR) is 127 cm³/mol. The van der Waals surface area contributed by atoms with Crippen LogP contribution in [0.1, 0.15) is 36.7 Å². The maximum Gasteiger partial charge on any atom is 0.335 e. The summed E-state index contributed by atoms with van der Waals surface area (Å²) >= 11 is 6.07. The van der Waals surface area contributed by atoms with E-state index in [-0.39, 0.29) is 11.6 Å². The predicted octanol–water partition coefficient (Wildman–Crippen LogP) is 4.01. The lowest BCUT2D eigenvalue weighted by Crippen LogP contribution is -2.36. The van der Waals surface area contributed by atoms with Crippen LogP contribution in [0.25, 0.3) is 16.7 Å². The largest absolute Gasteiger partial charge is 0.378 e. The van der Waals surface area contributed by atoms with Gasteiger partial charge in [-0.15, -0.1) is 0 Å². The quantitative estimate of drug-likeness (QED) is 0.469. The van der Waals surface area contributed by atoms with Gasteiger partial charge in [-0.25, -0.2) is 19.2 Å². The number of halogens is 1. The number of hydrogen-bond acceptors (Lipinski definition) is 5. The molecule has 0 bridgehead atoms. The third-order valence-electron chi connectivity index (χ3n) is 6.10. The molecule has 1 aliphatic heterocycles. The molecule has 7 nitrogen and oxygen atoms in total. The van der Waals surface area contributed by atoms with Crippen LogP contribution in [-0.2, 0) is 11.3 Å². The van der Waals surface area contributed by atoms with Crippen LogP contribution < -0.4 is 10.6 Å². The summed E-state index contributed by atoms with van der Waals surface area (Å²) in [5, 5.41) is 0.671. The van der Waals surface area contributed by atoms with Gasteiger partial charge in [-0.1, -0.05) is 37.6 Å². The summed E-state index contributed by atoms with van der Waals surface area (Å²) in [6, 6.07) is 9.65. The highest BCUT2D eigenvalue weighted by molar-refractivity contribution is 6.30. The van der Waals surface area contributed by atoms with Crippen molar-refractivity contribution in [2.45, 2.75) is 33.2 Å². The number of fused-ring (bicyclic) bond motifs is 3. The number of rotatable bonds is 4. The van der Waals surface area contributed by atoms with Gasteiger partial charge < -0.3 is 9.64 Å². The number of aromatic nitrogens is 4. The SMILES string of the molecule is Cc1c(C(C)C)nc2c3ncc(N4CCOCC4)cc3n(Cc3ccc(Cl)cc3)c(=O)n12. The van der Waals surface area contributed by atoms with Gasteiger partial charge in [-0.3, -0.25) is 4.57 Å². The van der Waals surface area contributed by atoms with Crippen LogP contribution in [0.15, 0.2) is 41.3 Å². The van der Waals surface area contributed by atoms with Gasteiger partial charge in [0.05, 0.1) is 42.9 Å². The molecular weight excluding hydrogens is 426 g/mol. The summed E-state index contributed by atoms with van der Waals surface area (Å²) in [6.45, 7) is 9.54. The molecule has 5 rings (SSSR count). The normalized spacial score (nSPS) is 14.7. The zero-order valence-electron chi connectivity index (χ0n) is 18.5. The molecule has 8 heteroatoms. The number of pyridine rings is 1. The lowest BCUT2D eigenvalue weighted by atomic mass is 10.1. The summed E-state index contributed by atoms with van der Waals surface area (Å²) in [4.78, 5) is 25.6. The first-order valence-electron chi connectivity index (χ1n) is 10.9. The Bertz CT molecular complexity index is 1350. The van der Waals surface area contributed by atoms with E-state index < -0.39 is 0 Å². The second-order valence-corrected chi connectivity index (χ2v) is 8.99. The molecule has 0 atom stereocenters. The van der Waals surface area contributed by atoms with E-state index >= 15 is 0 Å². The molecule has 4 aromatic rings. The summed E-state index contributed by atoms with van der Waals surface area (Å²) in [5.41, 5.74) is 5.79. The van der Waals surface area contributed by atoms with Gasteiger partial charge >= 0.3 is 5.69 Å². The molecule has 1 saturated heterocycles. The Labute approximate surface area is 191 Å². The molecule has 1 aromatic carbocycles. The van der Waals surface area contributed by atoms with Crippen molar-refractivity contribution in [2.24, 2.45) is 0 Å². The molecule has 0 radical (unpaired) electrons. The highest BCUT2D eigenvalue weighted by atomic mass is 35.5. The van der Waals surface area contributed by atoms with E-state index in [1.165, 1.54) is 0 Å². The average Bonchev–Trinajstić information content (AvgIpc) is 3.16. The van der Waals surface area contributed by atoms with E-state index in [0.717, 1.165) is 46.8 Å². The molecule has 0 unspecified atom stereocenters. The fraction of sp³-hybridized carbons (Fsp3) is 0.375. The van der Waals surface area contributed by atoms with Crippen LogP contribution in [0.3, 0.4) is 0 Å². The van der Waals surface area contributed by atoms with Gasteiger partial charge in [0, 0.05) is 23.8 Å². The molecule has 0 saturated carbocycles. The van der Waals surface area contributed by atoms with Crippen molar-refractivity contribution in [2.75, 3.05) is 31.2 Å². The summed E-state index contributed by atoms with van der Waals surface area (Å²) in [7, 11) is 0. The van der Waals surface area contributed by atoms with Gasteiger partial charge in [0.15, 0.2) is 5.65 Å². The Balaban J connectivity index is 1.77. The standard InChI is InChI=1S/C24H26ClN5O2/c1-15(2)21-16(3)30-23(27-21)22-20(12-19(13-26-22)28-8-10-32-11-9-28)29(24(30)31)14-17-4-6-18(25)7-5-17/h4-7,12-13,15H,8-11,14H2,1-3H3. The molecule has 4 heterocycles. The number of ether oxygens (including phenoxy) is 1. The summed E-state index contributed by atoms with van der Waals surface area (Å²) in [6.07, 6.45) is 1.88. The average molecular weight is 452 g/mol. The molecule has 0 amide bonds. The number of hydrogen-bond donors (Lipinski definition) is 0. The van der Waals surface area contributed by atoms with Gasteiger partial charge in [-0.05, 0) is 36.6 Å². The Hall–Kier alpha value is -2.90. The van der Waals surface area contributed by atoms with Crippen molar-refractivity contribution >= 4 is 34.0 Å². The molecule has 1 fully saturated rings. The van der Waals surface area contributed by atoms with Crippen molar-refractivity contribution in [1.82, 2.24) is 18.9 Å². The van der Waals surface area contributed by atoms with Crippen molar-refractivity contribution in [1.29, 1.82) is 0 Å². The lowest BCUT2D eigenvalue weighted by molar-refractivity contribution is 0.122. The van der Waals surface area contributed by atoms with E-state index in [9.17, 15) is 4.79 Å². The maximum atomic E-state index is 13.8. The second-order valence-electron chi connectivity index (χ2n) is 8.55. The maximum absolute atomic E-state index is 13.8. The number of imidazole rings is 1. The molecule has 0 N–H and O–H groups in total. The molecule has 1 aliphatic rings. The minimum absolute atomic E-state index is 0.111. The highest BCUT2D eigenvalue weighted by Crippen LogP contribution is 2.26. The third kappa shape index (κ3) is 3.55. The zero-order valence-corrected chi connectivity index (χ0v) is 19.3. The molecule has 32 heavy (non-hydrogen) atoms. The topological polar surface area (TPSA) is 64.7 Å². The van der Waals surface area contributed by atoms with E-state index in [0.29, 0.717) is 30.4 Å². The van der Waals surface area contributed by atoms with Crippen LogP contribution in [0.4, 0.5) is 5.69 Å². The van der Waals surface area contributed by atoms with Crippen molar-refractivity contribution in [3.05, 3.63) is 69.0 Å². The van der Waals surface area contributed by atoms with Crippen LogP contribution in [-0.4, -0.2) is 45.2 Å². The van der Waals surface area contributed by atoms with Crippen LogP contribution in [0.2, 0.25) is 5.02 Å². The Morgan fingerprint density at radius 2 is 1.88 bits per heavy atom. The van der Waals surface area contributed by atoms with E-state index in [1.807, 2.05) is 37.4 Å². The lowest BCUT2D eigenvalue weighted by Gasteiger charge is -2.28. The molecule has 3 aromatic heterocycles. The molecule has 0 spiro atoms. The van der Waals surface area contributed by atoms with Gasteiger partial charge in [0.2, 0.25) is 0 Å². The molecule has 0 aliphatic carbocycles. The first-order valence-corrected chi connectivity index (χ1v) is 11.3. The minimum Gasteiger partial charge on any atom is -0.378 e. The van der Waals surface area contributed by atoms with E-state index in [1.54, 1.807) is 8.97 Å². The smallest absolute Gasteiger partial charge is 0.335 e. The van der Waals surface area contributed by atoms with Gasteiger partial charge in [0.25, 0.3) is 0 Å². The van der Waals surface area contributed by atoms with Gasteiger partial charge in [-0.2, -0.15) is 0 Å². The highest BCUT2D eigenvalue weighted by Gasteiger charge is 2.21. The molecule has 166 valence electrons. The fourth-order valence-electron chi connectivity index (χ4n) is 4.42. The second kappa shape index (κ2) is 8.22. The zero-order chi connectivity index (χ0) is 22.4. The first-order chi connectivity index (χ1) is 15.4. The Morgan fingerprint density at radius 1 is 1.16 bits per heavy atom. The van der Waals surface area contributed by atoms with Crippen LogP contribution in [0.5, 0.6) is 0 Å². The fourth-order valence-corrected chi connectivity index (χ4v) is 4.55. The summed E-state index contributed by atoms with van der Waals surface area (Å²) < 4.78 is 8.99. The number of aryl methyl sites for hydroxylation is 1. The van der Waals surface area contributed by atoms with Gasteiger partial charge in [0.1, 0.15) is 5.52 Å². The van der Waals surface area contributed by atoms with Crippen molar-refractivity contribution in [3.63, 3.8) is 0 Å². The summed E-state index contributed by atoms with van der Waals surface area (Å²) in [5.74, 6) is 0.210. The van der Waals surface area contributed by atoms with Crippen molar-refractivity contribution in [3.8, 4) is 0 Å².